The number of benzene rings is 6. The van der Waals surface area contributed by atoms with Gasteiger partial charge in [-0.1, -0.05) is 122 Å². The molecular weight excluding hydrogens is 660 g/mol. The maximum absolute atomic E-state index is 2.28. The minimum atomic E-state index is 0. The standard InChI is InChI=1S/2C20H15.C3H7.4CH3.2Ti/c2*1-14-12-16-8-5-11-19(20(16)13-14)18-10-4-7-15-6-2-3-9-17(15)18;1-3-2;;;;;;/h2*2-13H,1H3;3H,1-2H3;4*1H3;;/q7*-1;+3;+4. The first-order valence-corrected chi connectivity index (χ1v) is 15.1. The fraction of sp³-hybridized carbons (Fsp3) is 0.0851. The van der Waals surface area contributed by atoms with Crippen LogP contribution >= 0.6 is 0 Å². The van der Waals surface area contributed by atoms with E-state index in [9.17, 15) is 0 Å². The molecule has 0 nitrogen and oxygen atoms in total. The molecule has 0 unspecified atom stereocenters. The van der Waals surface area contributed by atoms with Gasteiger partial charge < -0.3 is 36.1 Å². The number of hydrogen-bond acceptors (Lipinski definition) is 0. The molecule has 0 atom stereocenters. The largest absolute Gasteiger partial charge is 4.00 e. The number of hydrogen-bond donors (Lipinski definition) is 0. The molecule has 0 aliphatic rings. The summed E-state index contributed by atoms with van der Waals surface area (Å²) < 4.78 is 0. The second kappa shape index (κ2) is 20.9. The van der Waals surface area contributed by atoms with Crippen molar-refractivity contribution in [3.05, 3.63) is 193 Å². The van der Waals surface area contributed by atoms with E-state index in [1.54, 1.807) is 0 Å². The van der Waals surface area contributed by atoms with Crippen LogP contribution in [0.5, 0.6) is 0 Å². The summed E-state index contributed by atoms with van der Waals surface area (Å²) in [5, 5.41) is 10.6. The van der Waals surface area contributed by atoms with Crippen molar-refractivity contribution in [2.75, 3.05) is 0 Å². The van der Waals surface area contributed by atoms with Crippen LogP contribution in [0.25, 0.3) is 65.3 Å². The molecule has 8 aromatic carbocycles. The maximum atomic E-state index is 2.28. The van der Waals surface area contributed by atoms with E-state index in [1.807, 2.05) is 20.3 Å². The quantitative estimate of drug-likeness (QED) is 0.124. The van der Waals surface area contributed by atoms with Gasteiger partial charge in [0.25, 0.3) is 0 Å². The fourth-order valence-electron chi connectivity index (χ4n) is 6.16. The predicted octanol–water partition coefficient (Wildman–Crippen LogP) is 14.4. The zero-order valence-corrected chi connectivity index (χ0v) is 33.6. The van der Waals surface area contributed by atoms with Crippen LogP contribution in [0.1, 0.15) is 25.0 Å². The molecule has 0 saturated carbocycles. The van der Waals surface area contributed by atoms with Crippen LogP contribution in [-0.2, 0) is 43.4 Å². The summed E-state index contributed by atoms with van der Waals surface area (Å²) >= 11 is 0. The number of fused-ring (bicyclic) bond motifs is 4. The Morgan fingerprint density at radius 1 is 0.408 bits per heavy atom. The molecule has 0 bridgehead atoms. The topological polar surface area (TPSA) is 0 Å². The number of rotatable bonds is 2. The van der Waals surface area contributed by atoms with Gasteiger partial charge in [-0.2, -0.15) is 26.0 Å². The van der Waals surface area contributed by atoms with Gasteiger partial charge in [-0.15, -0.1) is 69.1 Å². The Kier molecular flexibility index (Phi) is 19.4. The third-order valence-corrected chi connectivity index (χ3v) is 7.95. The van der Waals surface area contributed by atoms with Crippen molar-refractivity contribution in [3.63, 3.8) is 0 Å². The molecule has 0 saturated heterocycles. The molecule has 0 aliphatic carbocycles. The molecule has 0 fully saturated rings. The van der Waals surface area contributed by atoms with Crippen molar-refractivity contribution < 1.29 is 43.4 Å². The Labute approximate surface area is 327 Å². The van der Waals surface area contributed by atoms with Gasteiger partial charge in [-0.05, 0) is 32.7 Å². The molecule has 2 heteroatoms. The smallest absolute Gasteiger partial charge is 0.358 e. The average molecular weight is 710 g/mol. The van der Waals surface area contributed by atoms with Gasteiger partial charge in [0.1, 0.15) is 0 Å². The van der Waals surface area contributed by atoms with E-state index in [4.69, 9.17) is 0 Å². The van der Waals surface area contributed by atoms with Crippen LogP contribution in [0.3, 0.4) is 0 Å². The molecule has 0 aliphatic heterocycles. The van der Waals surface area contributed by atoms with Gasteiger partial charge >= 0.3 is 43.4 Å². The normalized spacial score (nSPS) is 9.55. The van der Waals surface area contributed by atoms with E-state index in [0.29, 0.717) is 0 Å². The van der Waals surface area contributed by atoms with Crippen molar-refractivity contribution in [1.29, 1.82) is 0 Å². The second-order valence-electron chi connectivity index (χ2n) is 11.3. The summed E-state index contributed by atoms with van der Waals surface area (Å²) in [4.78, 5) is 0. The molecule has 49 heavy (non-hydrogen) atoms. The molecular formula is C47H49Ti2. The maximum Gasteiger partial charge on any atom is 4.00 e. The zero-order chi connectivity index (χ0) is 29.8. The summed E-state index contributed by atoms with van der Waals surface area (Å²) in [6.45, 7) is 8.32. The van der Waals surface area contributed by atoms with E-state index in [-0.39, 0.29) is 73.1 Å². The van der Waals surface area contributed by atoms with Crippen molar-refractivity contribution >= 4 is 43.1 Å². The van der Waals surface area contributed by atoms with E-state index in [1.165, 1.54) is 76.5 Å². The average Bonchev–Trinajstić information content (AvgIpc) is 3.62. The van der Waals surface area contributed by atoms with Crippen LogP contribution < -0.4 is 0 Å². The first kappa shape index (κ1) is 45.5. The van der Waals surface area contributed by atoms with E-state index in [0.717, 1.165) is 0 Å². The van der Waals surface area contributed by atoms with Crippen molar-refractivity contribution in [2.45, 2.75) is 27.7 Å². The summed E-state index contributed by atoms with van der Waals surface area (Å²) in [5.74, 6) is 0. The van der Waals surface area contributed by atoms with Gasteiger partial charge in [0.05, 0.1) is 0 Å². The van der Waals surface area contributed by atoms with Gasteiger partial charge in [0, 0.05) is 0 Å². The SMILES string of the molecule is C[CH-]C.Cc1cc2c(-c3cccc4ccccc34)cccc2[cH-]1.Cc1cc2c(-c3cccc4ccccc34)cccc2[cH-]1.[CH3-].[CH3-].[CH3-].[CH3-].[Ti+3].[Ti+4]. The molecule has 0 N–H and O–H groups in total. The Morgan fingerprint density at radius 2 is 0.694 bits per heavy atom. The minimum Gasteiger partial charge on any atom is -0.358 e. The molecule has 245 valence electrons. The Hall–Kier alpha value is -3.51. The third kappa shape index (κ3) is 9.81. The summed E-state index contributed by atoms with van der Waals surface area (Å²) in [7, 11) is 0. The first-order valence-electron chi connectivity index (χ1n) is 15.1. The van der Waals surface area contributed by atoms with Gasteiger partial charge in [0.2, 0.25) is 0 Å². The Balaban J connectivity index is 0.000000782. The second-order valence-corrected chi connectivity index (χ2v) is 11.3. The first-order chi connectivity index (χ1) is 21.1. The van der Waals surface area contributed by atoms with Gasteiger partial charge in [-0.3, -0.25) is 0 Å². The zero-order valence-electron chi connectivity index (χ0n) is 30.4. The molecule has 0 amide bonds. The predicted molar refractivity (Wildman–Crippen MR) is 216 cm³/mol. The molecule has 0 heterocycles. The third-order valence-electron chi connectivity index (χ3n) is 7.95. The molecule has 8 rings (SSSR count). The van der Waals surface area contributed by atoms with E-state index in [2.05, 4.69) is 159 Å². The van der Waals surface area contributed by atoms with Crippen molar-refractivity contribution in [1.82, 2.24) is 0 Å². The van der Waals surface area contributed by atoms with Crippen LogP contribution in [0, 0.1) is 50.0 Å². The molecule has 8 aromatic rings. The molecule has 0 spiro atoms. The Bertz CT molecular complexity index is 1990. The van der Waals surface area contributed by atoms with Crippen LogP contribution in [0.2, 0.25) is 0 Å². The molecule has 1 radical (unpaired) electrons. The minimum absolute atomic E-state index is 0. The van der Waals surface area contributed by atoms with Gasteiger partial charge in [-0.25, -0.2) is 0 Å². The van der Waals surface area contributed by atoms with E-state index < -0.39 is 0 Å². The van der Waals surface area contributed by atoms with Crippen LogP contribution in [0.15, 0.2) is 146 Å². The summed E-state index contributed by atoms with van der Waals surface area (Å²) in [5.41, 5.74) is 7.94. The van der Waals surface area contributed by atoms with Gasteiger partial charge in [0.15, 0.2) is 0 Å². The van der Waals surface area contributed by atoms with Crippen LogP contribution in [0.4, 0.5) is 0 Å². The number of aryl methyl sites for hydroxylation is 2. The molecule has 0 aromatic heterocycles. The fourth-order valence-corrected chi connectivity index (χ4v) is 6.16. The van der Waals surface area contributed by atoms with Crippen molar-refractivity contribution in [3.8, 4) is 22.3 Å². The monoisotopic (exact) mass is 709 g/mol. The van der Waals surface area contributed by atoms with Crippen molar-refractivity contribution in [2.24, 2.45) is 0 Å². The van der Waals surface area contributed by atoms with Crippen LogP contribution in [-0.4, -0.2) is 0 Å². The summed E-state index contributed by atoms with van der Waals surface area (Å²) in [6, 6.07) is 52.5. The Morgan fingerprint density at radius 3 is 1.06 bits per heavy atom. The summed E-state index contributed by atoms with van der Waals surface area (Å²) in [6.07, 6.45) is 2.00. The van der Waals surface area contributed by atoms with E-state index >= 15 is 0 Å².